The fourth-order valence-corrected chi connectivity index (χ4v) is 1.88. The van der Waals surface area contributed by atoms with Crippen LogP contribution in [0.2, 0.25) is 0 Å². The number of rotatable bonds is 8. The second-order valence-electron chi connectivity index (χ2n) is 6.19. The zero-order valence-corrected chi connectivity index (χ0v) is 14.1. The molecule has 23 heavy (non-hydrogen) atoms. The second-order valence-corrected chi connectivity index (χ2v) is 6.19. The molecule has 0 heterocycles. The molecule has 0 fully saturated rings. The molecule has 0 aliphatic rings. The Balaban J connectivity index is 2.39. The zero-order valence-electron chi connectivity index (χ0n) is 14.1. The fourth-order valence-electron chi connectivity index (χ4n) is 1.88. The largest absolute Gasteiger partial charge is 0.444 e. The van der Waals surface area contributed by atoms with Crippen LogP contribution >= 0.6 is 0 Å². The molecular formula is C18H27NO4. The second kappa shape index (κ2) is 10.0. The number of hydrogen-bond acceptors (Lipinski definition) is 4. The molecule has 1 atom stereocenters. The predicted molar refractivity (Wildman–Crippen MR) is 90.1 cm³/mol. The number of benzene rings is 1. The molecule has 0 aliphatic heterocycles. The van der Waals surface area contributed by atoms with E-state index in [1.54, 1.807) is 12.2 Å². The SMILES string of the molecule is CC(C)(C)OC(=O)N[C@@H](/C=C/CO)CCOCc1ccccc1. The highest BCUT2D eigenvalue weighted by molar-refractivity contribution is 5.68. The van der Waals surface area contributed by atoms with E-state index in [1.807, 2.05) is 51.1 Å². The summed E-state index contributed by atoms with van der Waals surface area (Å²) in [5.41, 5.74) is 0.564. The molecule has 1 rings (SSSR count). The first-order chi connectivity index (χ1) is 10.9. The lowest BCUT2D eigenvalue weighted by atomic mass is 10.2. The number of aliphatic hydroxyl groups excluding tert-OH is 1. The maximum atomic E-state index is 11.8. The van der Waals surface area contributed by atoms with Crippen LogP contribution in [0.5, 0.6) is 0 Å². The van der Waals surface area contributed by atoms with E-state index in [-0.39, 0.29) is 12.6 Å². The maximum Gasteiger partial charge on any atom is 0.408 e. The Morgan fingerprint density at radius 3 is 2.61 bits per heavy atom. The highest BCUT2D eigenvalue weighted by Gasteiger charge is 2.18. The van der Waals surface area contributed by atoms with Crippen LogP contribution in [-0.4, -0.2) is 36.1 Å². The van der Waals surface area contributed by atoms with Gasteiger partial charge in [0.05, 0.1) is 19.3 Å². The van der Waals surface area contributed by atoms with E-state index in [1.165, 1.54) is 0 Å². The number of hydrogen-bond donors (Lipinski definition) is 2. The quantitative estimate of drug-likeness (QED) is 0.570. The number of nitrogens with one attached hydrogen (secondary N) is 1. The first-order valence-electron chi connectivity index (χ1n) is 7.79. The van der Waals surface area contributed by atoms with Gasteiger partial charge in [0, 0.05) is 6.61 Å². The number of aliphatic hydroxyl groups is 1. The summed E-state index contributed by atoms with van der Waals surface area (Å²) in [4.78, 5) is 11.8. The molecule has 2 N–H and O–H groups in total. The third-order valence-electron chi connectivity index (χ3n) is 2.86. The molecule has 0 unspecified atom stereocenters. The average Bonchev–Trinajstić information content (AvgIpc) is 2.48. The van der Waals surface area contributed by atoms with Gasteiger partial charge in [0.1, 0.15) is 5.60 Å². The van der Waals surface area contributed by atoms with Crippen molar-refractivity contribution in [3.8, 4) is 0 Å². The van der Waals surface area contributed by atoms with Gasteiger partial charge in [-0.05, 0) is 32.8 Å². The van der Waals surface area contributed by atoms with E-state index in [2.05, 4.69) is 5.32 Å². The molecule has 128 valence electrons. The first kappa shape index (κ1) is 19.2. The van der Waals surface area contributed by atoms with E-state index in [9.17, 15) is 4.79 Å². The van der Waals surface area contributed by atoms with Crippen LogP contribution in [0, 0.1) is 0 Å². The molecule has 5 heteroatoms. The van der Waals surface area contributed by atoms with Gasteiger partial charge in [0.25, 0.3) is 0 Å². The summed E-state index contributed by atoms with van der Waals surface area (Å²) in [6, 6.07) is 9.66. The molecule has 0 aliphatic carbocycles. The van der Waals surface area contributed by atoms with Crippen LogP contribution in [-0.2, 0) is 16.1 Å². The molecule has 0 radical (unpaired) electrons. The van der Waals surface area contributed by atoms with Crippen molar-refractivity contribution in [3.63, 3.8) is 0 Å². The lowest BCUT2D eigenvalue weighted by Gasteiger charge is -2.22. The fraction of sp³-hybridized carbons (Fsp3) is 0.500. The summed E-state index contributed by atoms with van der Waals surface area (Å²) in [6.07, 6.45) is 3.46. The minimum Gasteiger partial charge on any atom is -0.444 e. The Labute approximate surface area is 138 Å². The highest BCUT2D eigenvalue weighted by atomic mass is 16.6. The van der Waals surface area contributed by atoms with Crippen LogP contribution in [0.25, 0.3) is 0 Å². The zero-order chi connectivity index (χ0) is 17.1. The molecular weight excluding hydrogens is 294 g/mol. The van der Waals surface area contributed by atoms with E-state index >= 15 is 0 Å². The molecule has 5 nitrogen and oxygen atoms in total. The van der Waals surface area contributed by atoms with Gasteiger partial charge in [-0.15, -0.1) is 0 Å². The Morgan fingerprint density at radius 1 is 1.30 bits per heavy atom. The van der Waals surface area contributed by atoms with Crippen molar-refractivity contribution in [2.75, 3.05) is 13.2 Å². The normalized spacial score (nSPS) is 13.0. The topological polar surface area (TPSA) is 67.8 Å². The number of ether oxygens (including phenoxy) is 2. The van der Waals surface area contributed by atoms with E-state index in [4.69, 9.17) is 14.6 Å². The lowest BCUT2D eigenvalue weighted by Crippen LogP contribution is -2.38. The van der Waals surface area contributed by atoms with Crippen LogP contribution in [0.3, 0.4) is 0 Å². The highest BCUT2D eigenvalue weighted by Crippen LogP contribution is 2.08. The van der Waals surface area contributed by atoms with Crippen molar-refractivity contribution < 1.29 is 19.4 Å². The third-order valence-corrected chi connectivity index (χ3v) is 2.86. The Hall–Kier alpha value is -1.85. The van der Waals surface area contributed by atoms with Gasteiger partial charge in [-0.25, -0.2) is 4.79 Å². The Morgan fingerprint density at radius 2 is 2.00 bits per heavy atom. The van der Waals surface area contributed by atoms with Crippen LogP contribution in [0.15, 0.2) is 42.5 Å². The summed E-state index contributed by atoms with van der Waals surface area (Å²) >= 11 is 0. The number of amides is 1. The number of alkyl carbamates (subject to hydrolysis) is 1. The summed E-state index contributed by atoms with van der Waals surface area (Å²) in [5, 5.41) is 11.7. The van der Waals surface area contributed by atoms with Crippen molar-refractivity contribution in [1.29, 1.82) is 0 Å². The van der Waals surface area contributed by atoms with Gasteiger partial charge < -0.3 is 19.9 Å². The van der Waals surface area contributed by atoms with Crippen molar-refractivity contribution in [2.45, 2.75) is 45.4 Å². The maximum absolute atomic E-state index is 11.8. The molecule has 0 aromatic heterocycles. The summed E-state index contributed by atoms with van der Waals surface area (Å²) in [7, 11) is 0. The Bertz CT molecular complexity index is 480. The van der Waals surface area contributed by atoms with E-state index < -0.39 is 11.7 Å². The summed E-state index contributed by atoms with van der Waals surface area (Å²) in [5.74, 6) is 0. The van der Waals surface area contributed by atoms with Crippen molar-refractivity contribution >= 4 is 6.09 Å². The van der Waals surface area contributed by atoms with Crippen molar-refractivity contribution in [1.82, 2.24) is 5.32 Å². The van der Waals surface area contributed by atoms with E-state index in [0.29, 0.717) is 19.6 Å². The molecule has 0 spiro atoms. The molecule has 1 aromatic rings. The average molecular weight is 321 g/mol. The lowest BCUT2D eigenvalue weighted by molar-refractivity contribution is 0.0498. The Kier molecular flexibility index (Phi) is 8.37. The summed E-state index contributed by atoms with van der Waals surface area (Å²) < 4.78 is 10.9. The van der Waals surface area contributed by atoms with Gasteiger partial charge in [0.2, 0.25) is 0 Å². The smallest absolute Gasteiger partial charge is 0.408 e. The summed E-state index contributed by atoms with van der Waals surface area (Å²) in [6.45, 7) is 6.39. The standard InChI is InChI=1S/C18H27NO4/c1-18(2,3)23-17(21)19-16(10-7-12-20)11-13-22-14-15-8-5-4-6-9-15/h4-10,16,20H,11-14H2,1-3H3,(H,19,21)/b10-7+/t16-/m0/s1. The minimum atomic E-state index is -0.543. The van der Waals surface area contributed by atoms with Crippen LogP contribution < -0.4 is 5.32 Å². The molecule has 0 saturated heterocycles. The van der Waals surface area contributed by atoms with Crippen LogP contribution in [0.4, 0.5) is 4.79 Å². The van der Waals surface area contributed by atoms with Gasteiger partial charge in [0.15, 0.2) is 0 Å². The molecule has 1 amide bonds. The van der Waals surface area contributed by atoms with Gasteiger partial charge in [-0.3, -0.25) is 0 Å². The number of carbonyl (C=O) groups excluding carboxylic acids is 1. The molecule has 1 aromatic carbocycles. The van der Waals surface area contributed by atoms with Gasteiger partial charge in [-0.2, -0.15) is 0 Å². The molecule has 0 bridgehead atoms. The van der Waals surface area contributed by atoms with Crippen molar-refractivity contribution in [3.05, 3.63) is 48.0 Å². The predicted octanol–water partition coefficient (Wildman–Crippen LogP) is 3.04. The number of carbonyl (C=O) groups is 1. The molecule has 0 saturated carbocycles. The van der Waals surface area contributed by atoms with Crippen molar-refractivity contribution in [2.24, 2.45) is 0 Å². The van der Waals surface area contributed by atoms with Gasteiger partial charge >= 0.3 is 6.09 Å². The van der Waals surface area contributed by atoms with Gasteiger partial charge in [-0.1, -0.05) is 42.5 Å². The first-order valence-corrected chi connectivity index (χ1v) is 7.79. The third kappa shape index (κ3) is 9.71. The van der Waals surface area contributed by atoms with E-state index in [0.717, 1.165) is 5.56 Å². The minimum absolute atomic E-state index is 0.0721. The monoisotopic (exact) mass is 321 g/mol. The van der Waals surface area contributed by atoms with Crippen LogP contribution in [0.1, 0.15) is 32.8 Å².